The minimum Gasteiger partial charge on any atom is -0.299 e. The Balaban J connectivity index is 2.01. The molecule has 1 atom stereocenters. The van der Waals surface area contributed by atoms with Gasteiger partial charge in [0.1, 0.15) is 5.78 Å². The zero-order valence-corrected chi connectivity index (χ0v) is 9.55. The number of hydrogen-bond donors (Lipinski definition) is 0. The molecule has 0 aromatic rings. The molecule has 80 valence electrons. The minimum atomic E-state index is 0.252. The molecule has 0 radical (unpaired) electrons. The van der Waals surface area contributed by atoms with Crippen LogP contribution in [0.2, 0.25) is 0 Å². The number of rotatable bonds is 2. The van der Waals surface area contributed by atoms with Crippen LogP contribution in [-0.4, -0.2) is 29.3 Å². The highest BCUT2D eigenvalue weighted by molar-refractivity contribution is 5.81. The number of nitrogens with zero attached hydrogens (tertiary/aromatic N) is 1. The Kier molecular flexibility index (Phi) is 2.42. The molecule has 0 bridgehead atoms. The van der Waals surface area contributed by atoms with Crippen molar-refractivity contribution in [3.8, 4) is 0 Å². The van der Waals surface area contributed by atoms with Gasteiger partial charge >= 0.3 is 0 Å². The van der Waals surface area contributed by atoms with Crippen molar-refractivity contribution >= 4 is 5.78 Å². The summed E-state index contributed by atoms with van der Waals surface area (Å²) >= 11 is 0. The van der Waals surface area contributed by atoms with E-state index in [0.29, 0.717) is 11.3 Å². The van der Waals surface area contributed by atoms with Crippen LogP contribution in [0.25, 0.3) is 0 Å². The predicted octanol–water partition coefficient (Wildman–Crippen LogP) is 2.09. The van der Waals surface area contributed by atoms with E-state index in [0.717, 1.165) is 25.4 Å². The van der Waals surface area contributed by atoms with E-state index in [1.165, 1.54) is 12.8 Å². The number of carbonyl (C=O) groups is 1. The summed E-state index contributed by atoms with van der Waals surface area (Å²) in [7, 11) is 0. The molecule has 1 aliphatic heterocycles. The van der Waals surface area contributed by atoms with Gasteiger partial charge in [-0.3, -0.25) is 9.69 Å². The molecule has 2 nitrogen and oxygen atoms in total. The summed E-state index contributed by atoms with van der Waals surface area (Å²) in [6, 6.07) is 0. The molecule has 0 aromatic carbocycles. The average molecular weight is 195 g/mol. The minimum absolute atomic E-state index is 0.252. The van der Waals surface area contributed by atoms with Crippen molar-refractivity contribution in [2.45, 2.75) is 45.6 Å². The van der Waals surface area contributed by atoms with E-state index >= 15 is 0 Å². The van der Waals surface area contributed by atoms with Gasteiger partial charge in [0.25, 0.3) is 0 Å². The van der Waals surface area contributed by atoms with Gasteiger partial charge in [0, 0.05) is 31.0 Å². The SMILES string of the molecule is CC1CN(C(C)(C)C2CC2)CCC1=O. The van der Waals surface area contributed by atoms with Crippen molar-refractivity contribution in [1.82, 2.24) is 4.90 Å². The molecule has 1 saturated carbocycles. The van der Waals surface area contributed by atoms with Gasteiger partial charge in [0.05, 0.1) is 0 Å². The van der Waals surface area contributed by atoms with Gasteiger partial charge < -0.3 is 0 Å². The van der Waals surface area contributed by atoms with Gasteiger partial charge in [0.15, 0.2) is 0 Å². The lowest BCUT2D eigenvalue weighted by molar-refractivity contribution is -0.127. The molecule has 1 saturated heterocycles. The Morgan fingerprint density at radius 1 is 1.36 bits per heavy atom. The van der Waals surface area contributed by atoms with E-state index in [-0.39, 0.29) is 5.92 Å². The summed E-state index contributed by atoms with van der Waals surface area (Å²) in [5.41, 5.74) is 0.328. The first-order chi connectivity index (χ1) is 6.51. The smallest absolute Gasteiger partial charge is 0.138 e. The van der Waals surface area contributed by atoms with Crippen molar-refractivity contribution in [2.24, 2.45) is 11.8 Å². The van der Waals surface area contributed by atoms with Crippen molar-refractivity contribution < 1.29 is 4.79 Å². The van der Waals surface area contributed by atoms with Crippen LogP contribution in [0.1, 0.15) is 40.0 Å². The Bertz CT molecular complexity index is 243. The zero-order valence-electron chi connectivity index (χ0n) is 9.55. The molecular formula is C12H21NO. The highest BCUT2D eigenvalue weighted by Gasteiger charge is 2.43. The third-order valence-corrected chi connectivity index (χ3v) is 4.06. The fraction of sp³-hybridized carbons (Fsp3) is 0.917. The first-order valence-corrected chi connectivity index (χ1v) is 5.79. The van der Waals surface area contributed by atoms with Gasteiger partial charge in [-0.1, -0.05) is 6.92 Å². The van der Waals surface area contributed by atoms with Crippen LogP contribution in [0.15, 0.2) is 0 Å². The summed E-state index contributed by atoms with van der Waals surface area (Å²) in [5, 5.41) is 0. The van der Waals surface area contributed by atoms with E-state index in [2.05, 4.69) is 25.7 Å². The largest absolute Gasteiger partial charge is 0.299 e. The second kappa shape index (κ2) is 3.34. The summed E-state index contributed by atoms with van der Waals surface area (Å²) in [6.07, 6.45) is 3.52. The van der Waals surface area contributed by atoms with Crippen LogP contribution in [0, 0.1) is 11.8 Å². The fourth-order valence-electron chi connectivity index (χ4n) is 2.59. The molecule has 0 spiro atoms. The molecule has 14 heavy (non-hydrogen) atoms. The highest BCUT2D eigenvalue weighted by atomic mass is 16.1. The molecular weight excluding hydrogens is 174 g/mol. The highest BCUT2D eigenvalue weighted by Crippen LogP contribution is 2.43. The van der Waals surface area contributed by atoms with Gasteiger partial charge in [0.2, 0.25) is 0 Å². The van der Waals surface area contributed by atoms with Crippen molar-refractivity contribution in [1.29, 1.82) is 0 Å². The monoisotopic (exact) mass is 195 g/mol. The normalized spacial score (nSPS) is 30.8. The maximum atomic E-state index is 11.4. The van der Waals surface area contributed by atoms with Gasteiger partial charge in [-0.2, -0.15) is 0 Å². The van der Waals surface area contributed by atoms with Crippen LogP contribution in [0.4, 0.5) is 0 Å². The summed E-state index contributed by atoms with van der Waals surface area (Å²) in [6.45, 7) is 8.70. The molecule has 0 aromatic heterocycles. The standard InChI is InChI=1S/C12H21NO/c1-9-8-13(7-6-11(9)14)12(2,3)10-4-5-10/h9-10H,4-8H2,1-3H3. The molecule has 2 rings (SSSR count). The predicted molar refractivity (Wildman–Crippen MR) is 57.2 cm³/mol. The molecule has 0 N–H and O–H groups in total. The quantitative estimate of drug-likeness (QED) is 0.672. The molecule has 1 heterocycles. The van der Waals surface area contributed by atoms with Crippen molar-refractivity contribution in [3.63, 3.8) is 0 Å². The van der Waals surface area contributed by atoms with Crippen molar-refractivity contribution in [2.75, 3.05) is 13.1 Å². The van der Waals surface area contributed by atoms with E-state index in [9.17, 15) is 4.79 Å². The second-order valence-electron chi connectivity index (χ2n) is 5.49. The molecule has 2 aliphatic rings. The Morgan fingerprint density at radius 3 is 2.50 bits per heavy atom. The number of hydrogen-bond acceptors (Lipinski definition) is 2. The average Bonchev–Trinajstić information content (AvgIpc) is 2.92. The lowest BCUT2D eigenvalue weighted by atomic mass is 9.89. The molecule has 2 fully saturated rings. The van der Waals surface area contributed by atoms with E-state index < -0.39 is 0 Å². The van der Waals surface area contributed by atoms with Gasteiger partial charge in [-0.05, 0) is 32.6 Å². The van der Waals surface area contributed by atoms with Crippen LogP contribution in [0.3, 0.4) is 0 Å². The maximum Gasteiger partial charge on any atom is 0.138 e. The van der Waals surface area contributed by atoms with Crippen LogP contribution in [0.5, 0.6) is 0 Å². The Morgan fingerprint density at radius 2 is 2.00 bits per heavy atom. The molecule has 1 unspecified atom stereocenters. The lowest BCUT2D eigenvalue weighted by Crippen LogP contribution is -2.52. The van der Waals surface area contributed by atoms with Crippen molar-refractivity contribution in [3.05, 3.63) is 0 Å². The van der Waals surface area contributed by atoms with E-state index in [4.69, 9.17) is 0 Å². The summed E-state index contributed by atoms with van der Waals surface area (Å²) < 4.78 is 0. The zero-order chi connectivity index (χ0) is 10.3. The third-order valence-electron chi connectivity index (χ3n) is 4.06. The topological polar surface area (TPSA) is 20.3 Å². The van der Waals surface area contributed by atoms with Gasteiger partial charge in [-0.25, -0.2) is 0 Å². The first kappa shape index (κ1) is 10.2. The number of piperidine rings is 1. The number of Topliss-reactive ketones (excluding diaryl/α,β-unsaturated/α-hetero) is 1. The summed E-state index contributed by atoms with van der Waals surface area (Å²) in [4.78, 5) is 13.9. The lowest BCUT2D eigenvalue weighted by Gasteiger charge is -2.43. The fourth-order valence-corrected chi connectivity index (χ4v) is 2.59. The molecule has 2 heteroatoms. The third kappa shape index (κ3) is 1.72. The first-order valence-electron chi connectivity index (χ1n) is 5.79. The number of ketones is 1. The van der Waals surface area contributed by atoms with E-state index in [1.54, 1.807) is 0 Å². The van der Waals surface area contributed by atoms with Crippen LogP contribution in [-0.2, 0) is 4.79 Å². The molecule has 1 aliphatic carbocycles. The van der Waals surface area contributed by atoms with Crippen LogP contribution < -0.4 is 0 Å². The Hall–Kier alpha value is -0.370. The summed E-state index contributed by atoms with van der Waals surface area (Å²) in [5.74, 6) is 1.58. The van der Waals surface area contributed by atoms with Crippen LogP contribution >= 0.6 is 0 Å². The Labute approximate surface area is 86.7 Å². The maximum absolute atomic E-state index is 11.4. The second-order valence-corrected chi connectivity index (χ2v) is 5.49. The number of carbonyl (C=O) groups excluding carboxylic acids is 1. The van der Waals surface area contributed by atoms with Gasteiger partial charge in [-0.15, -0.1) is 0 Å². The van der Waals surface area contributed by atoms with E-state index in [1.807, 2.05) is 0 Å². The molecule has 0 amide bonds. The number of likely N-dealkylation sites (tertiary alicyclic amines) is 1.